The summed E-state index contributed by atoms with van der Waals surface area (Å²) in [6, 6.07) is 1.93. The van der Waals surface area contributed by atoms with E-state index in [4.69, 9.17) is 10.00 Å². The van der Waals surface area contributed by atoms with Gasteiger partial charge < -0.3 is 10.1 Å². The summed E-state index contributed by atoms with van der Waals surface area (Å²) in [5, 5.41) is 11.2. The van der Waals surface area contributed by atoms with Gasteiger partial charge in [0.15, 0.2) is 0 Å². The fraction of sp³-hybridized carbons (Fsp3) is 0.571. The molecule has 0 heterocycles. The number of nitrogens with one attached hydrogen (secondary N) is 1. The molecule has 0 aromatic heterocycles. The molecule has 0 rings (SSSR count). The molecule has 0 bridgehead atoms. The van der Waals surface area contributed by atoms with Gasteiger partial charge in [-0.25, -0.2) is 0 Å². The quantitative estimate of drug-likeness (QED) is 0.460. The maximum atomic E-state index is 8.20. The van der Waals surface area contributed by atoms with E-state index >= 15 is 0 Å². The zero-order valence-corrected chi connectivity index (χ0v) is 6.35. The summed E-state index contributed by atoms with van der Waals surface area (Å²) in [6.45, 7) is 3.26. The molecule has 0 unspecified atom stereocenters. The molecule has 0 aliphatic carbocycles. The number of hydrogen-bond acceptors (Lipinski definition) is 3. The van der Waals surface area contributed by atoms with E-state index in [-0.39, 0.29) is 0 Å². The van der Waals surface area contributed by atoms with Crippen LogP contribution < -0.4 is 5.32 Å². The van der Waals surface area contributed by atoms with Crippen LogP contribution in [0.5, 0.6) is 0 Å². The van der Waals surface area contributed by atoms with E-state index in [1.54, 1.807) is 7.11 Å². The van der Waals surface area contributed by atoms with Crippen molar-refractivity contribution in [2.75, 3.05) is 20.3 Å². The van der Waals surface area contributed by atoms with Crippen LogP contribution in [-0.4, -0.2) is 20.3 Å². The molecule has 0 radical (unpaired) electrons. The molecule has 3 nitrogen and oxygen atoms in total. The summed E-state index contributed by atoms with van der Waals surface area (Å²) in [5.74, 6) is 0. The average Bonchev–Trinajstić information content (AvgIpc) is 1.89. The number of allylic oxidation sites excluding steroid dienone is 2. The first kappa shape index (κ1) is 8.99. The number of methoxy groups -OCH3 is 1. The van der Waals surface area contributed by atoms with Crippen LogP contribution in [0.1, 0.15) is 6.92 Å². The predicted molar refractivity (Wildman–Crippen MR) is 39.2 cm³/mol. The Kier molecular flexibility index (Phi) is 5.50. The fourth-order valence-corrected chi connectivity index (χ4v) is 0.498. The van der Waals surface area contributed by atoms with Gasteiger partial charge in [0.05, 0.1) is 12.7 Å². The Hall–Kier alpha value is -1.01. The summed E-state index contributed by atoms with van der Waals surface area (Å²) in [6.07, 6.45) is 1.47. The molecule has 1 N–H and O–H groups in total. The molecule has 0 atom stereocenters. The highest BCUT2D eigenvalue weighted by Gasteiger charge is 1.84. The van der Waals surface area contributed by atoms with Crippen molar-refractivity contribution in [3.05, 3.63) is 11.8 Å². The molecule has 0 aromatic carbocycles. The third kappa shape index (κ3) is 5.13. The van der Waals surface area contributed by atoms with Gasteiger partial charge >= 0.3 is 0 Å². The highest BCUT2D eigenvalue weighted by Crippen LogP contribution is 1.82. The third-order valence-electron chi connectivity index (χ3n) is 0.991. The normalized spacial score (nSPS) is 10.7. The number of ether oxygens (including phenoxy) is 1. The molecule has 56 valence electrons. The van der Waals surface area contributed by atoms with Crippen LogP contribution >= 0.6 is 0 Å². The van der Waals surface area contributed by atoms with Crippen molar-refractivity contribution < 1.29 is 4.74 Å². The molecule has 0 aliphatic heterocycles. The molecule has 0 spiro atoms. The molecular formula is C7H12N2O. The summed E-state index contributed by atoms with van der Waals surface area (Å²) in [7, 11) is 1.64. The van der Waals surface area contributed by atoms with Gasteiger partial charge in [0, 0.05) is 25.4 Å². The zero-order chi connectivity index (χ0) is 7.82. The Morgan fingerprint density at radius 2 is 2.50 bits per heavy atom. The SMILES string of the molecule is COCCN/C(C)=C/C#N. The van der Waals surface area contributed by atoms with Gasteiger partial charge in [-0.15, -0.1) is 0 Å². The largest absolute Gasteiger partial charge is 0.386 e. The molecule has 0 saturated heterocycles. The summed E-state index contributed by atoms with van der Waals surface area (Å²) in [4.78, 5) is 0. The lowest BCUT2D eigenvalue weighted by molar-refractivity contribution is 0.202. The number of rotatable bonds is 4. The van der Waals surface area contributed by atoms with E-state index in [0.717, 1.165) is 12.2 Å². The first-order valence-corrected chi connectivity index (χ1v) is 3.10. The van der Waals surface area contributed by atoms with Crippen molar-refractivity contribution in [2.45, 2.75) is 6.92 Å². The fourth-order valence-electron chi connectivity index (χ4n) is 0.498. The topological polar surface area (TPSA) is 45.0 Å². The predicted octanol–water partition coefficient (Wildman–Crippen LogP) is 0.650. The van der Waals surface area contributed by atoms with Crippen LogP contribution in [0.3, 0.4) is 0 Å². The lowest BCUT2D eigenvalue weighted by atomic mass is 10.4. The maximum absolute atomic E-state index is 8.20. The van der Waals surface area contributed by atoms with Crippen LogP contribution in [0.4, 0.5) is 0 Å². The molecule has 10 heavy (non-hydrogen) atoms. The Morgan fingerprint density at radius 3 is 3.00 bits per heavy atom. The van der Waals surface area contributed by atoms with Crippen LogP contribution in [0, 0.1) is 11.3 Å². The molecular weight excluding hydrogens is 128 g/mol. The third-order valence-corrected chi connectivity index (χ3v) is 0.991. The maximum Gasteiger partial charge on any atom is 0.0930 e. The minimum absolute atomic E-state index is 0.663. The second kappa shape index (κ2) is 6.12. The Morgan fingerprint density at radius 1 is 1.80 bits per heavy atom. The highest BCUT2D eigenvalue weighted by molar-refractivity contribution is 5.09. The lowest BCUT2D eigenvalue weighted by Gasteiger charge is -2.02. The van der Waals surface area contributed by atoms with Gasteiger partial charge in [0.25, 0.3) is 0 Å². The second-order valence-corrected chi connectivity index (χ2v) is 1.88. The van der Waals surface area contributed by atoms with Crippen LogP contribution in [0.25, 0.3) is 0 Å². The number of nitrogens with zero attached hydrogens (tertiary/aromatic N) is 1. The molecule has 0 aliphatic rings. The second-order valence-electron chi connectivity index (χ2n) is 1.88. The molecule has 0 fully saturated rings. The molecule has 0 saturated carbocycles. The van der Waals surface area contributed by atoms with Crippen LogP contribution in [0.15, 0.2) is 11.8 Å². The van der Waals surface area contributed by atoms with Gasteiger partial charge in [0.1, 0.15) is 0 Å². The smallest absolute Gasteiger partial charge is 0.0930 e. The zero-order valence-electron chi connectivity index (χ0n) is 6.35. The van der Waals surface area contributed by atoms with E-state index in [1.165, 1.54) is 6.08 Å². The van der Waals surface area contributed by atoms with E-state index < -0.39 is 0 Å². The minimum atomic E-state index is 0.663. The highest BCUT2D eigenvalue weighted by atomic mass is 16.5. The van der Waals surface area contributed by atoms with Crippen molar-refractivity contribution in [3.8, 4) is 6.07 Å². The van der Waals surface area contributed by atoms with E-state index in [0.29, 0.717) is 6.61 Å². The first-order chi connectivity index (χ1) is 4.81. The van der Waals surface area contributed by atoms with Crippen LogP contribution in [0.2, 0.25) is 0 Å². The Bertz CT molecular complexity index is 146. The summed E-state index contributed by atoms with van der Waals surface area (Å²) in [5.41, 5.74) is 0.875. The molecule has 3 heteroatoms. The molecule has 0 aromatic rings. The van der Waals surface area contributed by atoms with Crippen molar-refractivity contribution in [3.63, 3.8) is 0 Å². The van der Waals surface area contributed by atoms with E-state index in [1.807, 2.05) is 13.0 Å². The van der Waals surface area contributed by atoms with E-state index in [2.05, 4.69) is 5.32 Å². The Balaban J connectivity index is 3.32. The minimum Gasteiger partial charge on any atom is -0.386 e. The Labute approximate surface area is 61.3 Å². The van der Waals surface area contributed by atoms with Gasteiger partial charge in [-0.1, -0.05) is 0 Å². The summed E-state index contributed by atoms with van der Waals surface area (Å²) < 4.78 is 4.80. The first-order valence-electron chi connectivity index (χ1n) is 3.10. The van der Waals surface area contributed by atoms with Gasteiger partial charge in [-0.05, 0) is 6.92 Å². The average molecular weight is 140 g/mol. The van der Waals surface area contributed by atoms with Crippen molar-refractivity contribution in [1.29, 1.82) is 5.26 Å². The van der Waals surface area contributed by atoms with Gasteiger partial charge in [-0.2, -0.15) is 5.26 Å². The molecule has 0 amide bonds. The van der Waals surface area contributed by atoms with Crippen molar-refractivity contribution in [2.24, 2.45) is 0 Å². The van der Waals surface area contributed by atoms with Gasteiger partial charge in [-0.3, -0.25) is 0 Å². The van der Waals surface area contributed by atoms with E-state index in [9.17, 15) is 0 Å². The lowest BCUT2D eigenvalue weighted by Crippen LogP contribution is -2.16. The number of nitriles is 1. The van der Waals surface area contributed by atoms with Gasteiger partial charge in [0.2, 0.25) is 0 Å². The standard InChI is InChI=1S/C7H12N2O/c1-7(3-4-8)9-5-6-10-2/h3,9H,5-6H2,1-2H3/b7-3+. The van der Waals surface area contributed by atoms with Crippen molar-refractivity contribution >= 4 is 0 Å². The monoisotopic (exact) mass is 140 g/mol. The number of hydrogen-bond donors (Lipinski definition) is 1. The van der Waals surface area contributed by atoms with Crippen LogP contribution in [-0.2, 0) is 4.74 Å². The summed E-state index contributed by atoms with van der Waals surface area (Å²) >= 11 is 0. The van der Waals surface area contributed by atoms with Crippen molar-refractivity contribution in [1.82, 2.24) is 5.32 Å².